The fraction of sp³-hybridized carbons (Fsp3) is 1.00. The van der Waals surface area contributed by atoms with Gasteiger partial charge in [-0.2, -0.15) is 0 Å². The second-order valence-corrected chi connectivity index (χ2v) is 3.93. The van der Waals surface area contributed by atoms with Gasteiger partial charge in [0, 0.05) is 7.11 Å². The molecule has 0 aromatic carbocycles. The van der Waals surface area contributed by atoms with Crippen molar-refractivity contribution < 1.29 is 9.84 Å². The second-order valence-electron chi connectivity index (χ2n) is 3.93. The molecule has 0 bridgehead atoms. The molecule has 0 saturated heterocycles. The Morgan fingerprint density at radius 2 is 1.67 bits per heavy atom. The highest BCUT2D eigenvalue weighted by Crippen LogP contribution is 2.21. The van der Waals surface area contributed by atoms with Gasteiger partial charge >= 0.3 is 0 Å². The summed E-state index contributed by atoms with van der Waals surface area (Å²) in [7, 11) is 1.71. The van der Waals surface area contributed by atoms with Crippen molar-refractivity contribution in [2.24, 2.45) is 11.8 Å². The predicted molar refractivity (Wildman–Crippen MR) is 51.1 cm³/mol. The zero-order valence-electron chi connectivity index (χ0n) is 8.87. The van der Waals surface area contributed by atoms with Crippen LogP contribution in [-0.2, 0) is 4.74 Å². The van der Waals surface area contributed by atoms with Gasteiger partial charge < -0.3 is 9.84 Å². The smallest absolute Gasteiger partial charge is 0.0546 e. The Kier molecular flexibility index (Phi) is 5.51. The van der Waals surface area contributed by atoms with E-state index in [9.17, 15) is 5.11 Å². The maximum absolute atomic E-state index is 9.47. The summed E-state index contributed by atoms with van der Waals surface area (Å²) >= 11 is 0. The Bertz CT molecular complexity index is 102. The van der Waals surface area contributed by atoms with Crippen LogP contribution < -0.4 is 0 Å². The molecule has 74 valence electrons. The SMILES string of the molecule is COC(C)CC(C(C)C)C(C)O. The highest BCUT2D eigenvalue weighted by molar-refractivity contribution is 4.71. The number of hydrogen-bond donors (Lipinski definition) is 1. The maximum atomic E-state index is 9.47. The van der Waals surface area contributed by atoms with E-state index in [-0.39, 0.29) is 12.2 Å². The number of methoxy groups -OCH3 is 1. The lowest BCUT2D eigenvalue weighted by Crippen LogP contribution is -2.26. The Morgan fingerprint density at radius 3 is 1.92 bits per heavy atom. The fourth-order valence-corrected chi connectivity index (χ4v) is 1.51. The van der Waals surface area contributed by atoms with Crippen LogP contribution in [0.1, 0.15) is 34.1 Å². The lowest BCUT2D eigenvalue weighted by Gasteiger charge is -2.26. The van der Waals surface area contributed by atoms with E-state index in [2.05, 4.69) is 13.8 Å². The summed E-state index contributed by atoms with van der Waals surface area (Å²) in [5.74, 6) is 0.863. The molecular formula is C10H22O2. The molecule has 2 nitrogen and oxygen atoms in total. The van der Waals surface area contributed by atoms with Gasteiger partial charge in [0.25, 0.3) is 0 Å². The molecule has 0 fully saturated rings. The monoisotopic (exact) mass is 174 g/mol. The minimum absolute atomic E-state index is 0.234. The van der Waals surface area contributed by atoms with E-state index in [1.165, 1.54) is 0 Å². The Hall–Kier alpha value is -0.0800. The van der Waals surface area contributed by atoms with Crippen molar-refractivity contribution in [1.29, 1.82) is 0 Å². The maximum Gasteiger partial charge on any atom is 0.0546 e. The molecule has 0 aromatic rings. The quantitative estimate of drug-likeness (QED) is 0.691. The van der Waals surface area contributed by atoms with E-state index in [4.69, 9.17) is 4.74 Å². The van der Waals surface area contributed by atoms with Crippen LogP contribution in [0, 0.1) is 11.8 Å². The third-order valence-electron chi connectivity index (χ3n) is 2.48. The van der Waals surface area contributed by atoms with Gasteiger partial charge in [0.15, 0.2) is 0 Å². The first-order valence-corrected chi connectivity index (χ1v) is 4.69. The Morgan fingerprint density at radius 1 is 1.17 bits per heavy atom. The van der Waals surface area contributed by atoms with Crippen LogP contribution in [0.2, 0.25) is 0 Å². The third kappa shape index (κ3) is 4.07. The molecule has 1 N–H and O–H groups in total. The standard InChI is InChI=1S/C10H22O2/c1-7(2)10(9(4)11)6-8(3)12-5/h7-11H,6H2,1-5H3. The summed E-state index contributed by atoms with van der Waals surface area (Å²) in [6.07, 6.45) is 0.945. The van der Waals surface area contributed by atoms with Crippen molar-refractivity contribution in [2.45, 2.75) is 46.3 Å². The first-order chi connectivity index (χ1) is 5.49. The van der Waals surface area contributed by atoms with Gasteiger partial charge in [-0.05, 0) is 32.1 Å². The van der Waals surface area contributed by atoms with Crippen molar-refractivity contribution in [3.05, 3.63) is 0 Å². The summed E-state index contributed by atoms with van der Waals surface area (Å²) in [4.78, 5) is 0. The highest BCUT2D eigenvalue weighted by atomic mass is 16.5. The highest BCUT2D eigenvalue weighted by Gasteiger charge is 2.21. The average molecular weight is 174 g/mol. The normalized spacial score (nSPS) is 19.2. The van der Waals surface area contributed by atoms with Gasteiger partial charge in [-0.3, -0.25) is 0 Å². The summed E-state index contributed by atoms with van der Waals surface area (Å²) in [5, 5.41) is 9.47. The number of ether oxygens (including phenoxy) is 1. The van der Waals surface area contributed by atoms with Crippen molar-refractivity contribution in [2.75, 3.05) is 7.11 Å². The van der Waals surface area contributed by atoms with E-state index in [1.54, 1.807) is 7.11 Å². The summed E-state index contributed by atoms with van der Waals surface area (Å²) < 4.78 is 5.17. The van der Waals surface area contributed by atoms with Crippen LogP contribution in [0.25, 0.3) is 0 Å². The zero-order chi connectivity index (χ0) is 9.72. The Balaban J connectivity index is 3.95. The molecule has 0 radical (unpaired) electrons. The molecule has 0 saturated carbocycles. The number of rotatable bonds is 5. The molecule has 3 atom stereocenters. The van der Waals surface area contributed by atoms with E-state index in [1.807, 2.05) is 13.8 Å². The molecule has 2 heteroatoms. The fourth-order valence-electron chi connectivity index (χ4n) is 1.51. The van der Waals surface area contributed by atoms with E-state index >= 15 is 0 Å². The first-order valence-electron chi connectivity index (χ1n) is 4.69. The van der Waals surface area contributed by atoms with Crippen molar-refractivity contribution >= 4 is 0 Å². The van der Waals surface area contributed by atoms with Gasteiger partial charge in [0.05, 0.1) is 12.2 Å². The molecule has 0 aliphatic carbocycles. The van der Waals surface area contributed by atoms with Gasteiger partial charge in [-0.25, -0.2) is 0 Å². The molecule has 0 rings (SSSR count). The third-order valence-corrected chi connectivity index (χ3v) is 2.48. The van der Waals surface area contributed by atoms with E-state index in [0.717, 1.165) is 6.42 Å². The molecule has 0 aliphatic heterocycles. The lowest BCUT2D eigenvalue weighted by molar-refractivity contribution is 0.0352. The van der Waals surface area contributed by atoms with Crippen molar-refractivity contribution in [3.8, 4) is 0 Å². The second kappa shape index (κ2) is 5.55. The number of aliphatic hydroxyl groups excluding tert-OH is 1. The zero-order valence-corrected chi connectivity index (χ0v) is 8.87. The summed E-state index contributed by atoms with van der Waals surface area (Å²) in [6.45, 7) is 8.17. The summed E-state index contributed by atoms with van der Waals surface area (Å²) in [5.41, 5.74) is 0. The molecule has 0 heterocycles. The molecule has 0 amide bonds. The van der Waals surface area contributed by atoms with Crippen LogP contribution >= 0.6 is 0 Å². The topological polar surface area (TPSA) is 29.5 Å². The first kappa shape index (κ1) is 11.9. The van der Waals surface area contributed by atoms with Crippen LogP contribution in [0.5, 0.6) is 0 Å². The average Bonchev–Trinajstić information content (AvgIpc) is 1.98. The summed E-state index contributed by atoms with van der Waals surface area (Å²) in [6, 6.07) is 0. The molecule has 0 aromatic heterocycles. The van der Waals surface area contributed by atoms with Crippen molar-refractivity contribution in [1.82, 2.24) is 0 Å². The molecular weight excluding hydrogens is 152 g/mol. The molecule has 0 aliphatic rings. The molecule has 3 unspecified atom stereocenters. The van der Waals surface area contributed by atoms with Gasteiger partial charge in [0.2, 0.25) is 0 Å². The Labute approximate surface area is 75.9 Å². The molecule has 12 heavy (non-hydrogen) atoms. The largest absolute Gasteiger partial charge is 0.393 e. The number of hydrogen-bond acceptors (Lipinski definition) is 2. The van der Waals surface area contributed by atoms with Gasteiger partial charge in [-0.1, -0.05) is 13.8 Å². The van der Waals surface area contributed by atoms with Crippen molar-refractivity contribution in [3.63, 3.8) is 0 Å². The van der Waals surface area contributed by atoms with Crippen LogP contribution in [-0.4, -0.2) is 24.4 Å². The minimum atomic E-state index is -0.234. The van der Waals surface area contributed by atoms with Gasteiger partial charge in [-0.15, -0.1) is 0 Å². The number of aliphatic hydroxyl groups is 1. The molecule has 0 spiro atoms. The lowest BCUT2D eigenvalue weighted by atomic mass is 9.86. The van der Waals surface area contributed by atoms with Crippen LogP contribution in [0.4, 0.5) is 0 Å². The van der Waals surface area contributed by atoms with Crippen LogP contribution in [0.3, 0.4) is 0 Å². The predicted octanol–water partition coefficient (Wildman–Crippen LogP) is 2.06. The van der Waals surface area contributed by atoms with E-state index < -0.39 is 0 Å². The van der Waals surface area contributed by atoms with Crippen LogP contribution in [0.15, 0.2) is 0 Å². The van der Waals surface area contributed by atoms with Gasteiger partial charge in [0.1, 0.15) is 0 Å². The van der Waals surface area contributed by atoms with E-state index in [0.29, 0.717) is 11.8 Å². The minimum Gasteiger partial charge on any atom is -0.393 e.